The maximum absolute atomic E-state index is 9.21. The molecule has 0 spiro atoms. The molecule has 3 rings (SSSR count). The number of hydrogen-bond acceptors (Lipinski definition) is 5. The van der Waals surface area contributed by atoms with Gasteiger partial charge in [0.2, 0.25) is 12.7 Å². The number of pyridine rings is 1. The van der Waals surface area contributed by atoms with Crippen molar-refractivity contribution in [2.24, 2.45) is 0 Å². The van der Waals surface area contributed by atoms with Gasteiger partial charge in [-0.05, 0) is 43.2 Å². The standard InChI is InChI=1S/C16H14N2O3/c1-10-5-11(2)18-16(13(10)7-17)19-8-12-3-4-14-15(6-12)21-9-20-14/h3-6H,8-9H2,1-2H3. The molecular formula is C16H14N2O3. The lowest BCUT2D eigenvalue weighted by Gasteiger charge is -2.10. The Morgan fingerprint density at radius 2 is 2.05 bits per heavy atom. The minimum absolute atomic E-state index is 0.247. The molecule has 0 saturated carbocycles. The lowest BCUT2D eigenvalue weighted by Crippen LogP contribution is -2.02. The van der Waals surface area contributed by atoms with E-state index in [9.17, 15) is 5.26 Å². The Morgan fingerprint density at radius 3 is 2.86 bits per heavy atom. The molecule has 1 aromatic heterocycles. The van der Waals surface area contributed by atoms with Crippen LogP contribution in [-0.4, -0.2) is 11.8 Å². The van der Waals surface area contributed by atoms with Crippen LogP contribution in [0.2, 0.25) is 0 Å². The Bertz CT molecular complexity index is 735. The fourth-order valence-electron chi connectivity index (χ4n) is 2.23. The van der Waals surface area contributed by atoms with Crippen LogP contribution >= 0.6 is 0 Å². The Balaban J connectivity index is 1.81. The molecule has 0 atom stereocenters. The zero-order chi connectivity index (χ0) is 14.8. The lowest BCUT2D eigenvalue weighted by atomic mass is 10.1. The molecule has 5 heteroatoms. The van der Waals surface area contributed by atoms with E-state index >= 15 is 0 Å². The fourth-order valence-corrected chi connectivity index (χ4v) is 2.23. The molecule has 21 heavy (non-hydrogen) atoms. The monoisotopic (exact) mass is 282 g/mol. The summed E-state index contributed by atoms with van der Waals surface area (Å²) < 4.78 is 16.3. The zero-order valence-electron chi connectivity index (χ0n) is 11.8. The summed E-state index contributed by atoms with van der Waals surface area (Å²) >= 11 is 0. The van der Waals surface area contributed by atoms with Crippen LogP contribution in [0.15, 0.2) is 24.3 Å². The average Bonchev–Trinajstić information content (AvgIpc) is 2.92. The molecule has 0 aliphatic carbocycles. The summed E-state index contributed by atoms with van der Waals surface area (Å²) in [6, 6.07) is 9.63. The van der Waals surface area contributed by atoms with Crippen LogP contribution in [-0.2, 0) is 6.61 Å². The van der Waals surface area contributed by atoms with E-state index in [0.29, 0.717) is 23.8 Å². The molecule has 106 valence electrons. The highest BCUT2D eigenvalue weighted by Crippen LogP contribution is 2.32. The number of rotatable bonds is 3. The first kappa shape index (κ1) is 13.3. The fraction of sp³-hybridized carbons (Fsp3) is 0.250. The zero-order valence-corrected chi connectivity index (χ0v) is 11.8. The van der Waals surface area contributed by atoms with Crippen LogP contribution in [0.5, 0.6) is 17.4 Å². The quantitative estimate of drug-likeness (QED) is 0.866. The van der Waals surface area contributed by atoms with Gasteiger partial charge in [-0.25, -0.2) is 4.98 Å². The van der Waals surface area contributed by atoms with Gasteiger partial charge in [-0.2, -0.15) is 5.26 Å². The van der Waals surface area contributed by atoms with Gasteiger partial charge in [0, 0.05) is 5.69 Å². The Morgan fingerprint density at radius 1 is 1.24 bits per heavy atom. The van der Waals surface area contributed by atoms with Crippen molar-refractivity contribution in [1.29, 1.82) is 5.26 Å². The van der Waals surface area contributed by atoms with Gasteiger partial charge in [-0.15, -0.1) is 0 Å². The molecule has 0 unspecified atom stereocenters. The van der Waals surface area contributed by atoms with E-state index in [1.54, 1.807) is 0 Å². The highest BCUT2D eigenvalue weighted by atomic mass is 16.7. The maximum Gasteiger partial charge on any atom is 0.232 e. The van der Waals surface area contributed by atoms with Crippen LogP contribution < -0.4 is 14.2 Å². The summed E-state index contributed by atoms with van der Waals surface area (Å²) in [7, 11) is 0. The van der Waals surface area contributed by atoms with E-state index in [-0.39, 0.29) is 6.79 Å². The minimum Gasteiger partial charge on any atom is -0.472 e. The predicted molar refractivity (Wildman–Crippen MR) is 75.3 cm³/mol. The van der Waals surface area contributed by atoms with Gasteiger partial charge in [0.05, 0.1) is 0 Å². The number of benzene rings is 1. The van der Waals surface area contributed by atoms with Gasteiger partial charge in [-0.1, -0.05) is 6.07 Å². The first-order valence-corrected chi connectivity index (χ1v) is 6.57. The number of nitrogens with zero attached hydrogens (tertiary/aromatic N) is 2. The molecule has 1 aromatic carbocycles. The number of aromatic nitrogens is 1. The summed E-state index contributed by atoms with van der Waals surface area (Å²) in [5.74, 6) is 1.82. The molecule has 1 aliphatic heterocycles. The summed E-state index contributed by atoms with van der Waals surface area (Å²) in [5.41, 5.74) is 3.10. The molecule has 0 fully saturated rings. The second-order valence-electron chi connectivity index (χ2n) is 4.85. The maximum atomic E-state index is 9.21. The van der Waals surface area contributed by atoms with Crippen molar-refractivity contribution < 1.29 is 14.2 Å². The molecule has 0 amide bonds. The number of hydrogen-bond donors (Lipinski definition) is 0. The highest BCUT2D eigenvalue weighted by Gasteiger charge is 2.14. The number of aryl methyl sites for hydroxylation is 2. The van der Waals surface area contributed by atoms with Gasteiger partial charge >= 0.3 is 0 Å². The second kappa shape index (κ2) is 5.33. The first-order valence-electron chi connectivity index (χ1n) is 6.57. The van der Waals surface area contributed by atoms with E-state index in [1.165, 1.54) is 0 Å². The third-order valence-corrected chi connectivity index (χ3v) is 3.24. The van der Waals surface area contributed by atoms with Gasteiger partial charge in [0.15, 0.2) is 11.5 Å². The molecule has 1 aliphatic rings. The van der Waals surface area contributed by atoms with Crippen molar-refractivity contribution in [2.75, 3.05) is 6.79 Å². The van der Waals surface area contributed by atoms with Gasteiger partial charge in [0.25, 0.3) is 0 Å². The Hall–Kier alpha value is -2.74. The van der Waals surface area contributed by atoms with E-state index in [2.05, 4.69) is 11.1 Å². The lowest BCUT2D eigenvalue weighted by molar-refractivity contribution is 0.174. The van der Waals surface area contributed by atoms with E-state index in [1.807, 2.05) is 38.1 Å². The van der Waals surface area contributed by atoms with Crippen molar-refractivity contribution in [1.82, 2.24) is 4.98 Å². The van der Waals surface area contributed by atoms with Crippen molar-refractivity contribution in [3.63, 3.8) is 0 Å². The van der Waals surface area contributed by atoms with Gasteiger partial charge < -0.3 is 14.2 Å². The predicted octanol–water partition coefficient (Wildman–Crippen LogP) is 2.88. The van der Waals surface area contributed by atoms with Crippen LogP contribution in [0.3, 0.4) is 0 Å². The molecule has 2 heterocycles. The second-order valence-corrected chi connectivity index (χ2v) is 4.85. The molecule has 5 nitrogen and oxygen atoms in total. The van der Waals surface area contributed by atoms with Crippen molar-refractivity contribution >= 4 is 0 Å². The molecular weight excluding hydrogens is 268 g/mol. The topological polar surface area (TPSA) is 64.4 Å². The summed E-state index contributed by atoms with van der Waals surface area (Å²) in [5, 5.41) is 9.21. The minimum atomic E-state index is 0.247. The van der Waals surface area contributed by atoms with Crippen LogP contribution in [0.1, 0.15) is 22.4 Å². The summed E-state index contributed by atoms with van der Waals surface area (Å²) in [4.78, 5) is 4.29. The first-order chi connectivity index (χ1) is 10.2. The largest absolute Gasteiger partial charge is 0.472 e. The number of nitriles is 1. The third-order valence-electron chi connectivity index (χ3n) is 3.24. The van der Waals surface area contributed by atoms with Crippen molar-refractivity contribution in [3.8, 4) is 23.4 Å². The van der Waals surface area contributed by atoms with E-state index in [4.69, 9.17) is 14.2 Å². The van der Waals surface area contributed by atoms with Crippen LogP contribution in [0, 0.1) is 25.2 Å². The molecule has 0 radical (unpaired) electrons. The summed E-state index contributed by atoms with van der Waals surface area (Å²) in [6.07, 6.45) is 0. The van der Waals surface area contributed by atoms with Gasteiger partial charge in [-0.3, -0.25) is 0 Å². The SMILES string of the molecule is Cc1cc(C)c(C#N)c(OCc2ccc3c(c2)OCO3)n1. The Kier molecular flexibility index (Phi) is 3.36. The molecule has 0 saturated heterocycles. The van der Waals surface area contributed by atoms with Gasteiger partial charge in [0.1, 0.15) is 18.2 Å². The van der Waals surface area contributed by atoms with Crippen LogP contribution in [0.25, 0.3) is 0 Å². The highest BCUT2D eigenvalue weighted by molar-refractivity contribution is 5.46. The molecule has 2 aromatic rings. The third kappa shape index (κ3) is 2.61. The number of fused-ring (bicyclic) bond motifs is 1. The van der Waals surface area contributed by atoms with E-state index in [0.717, 1.165) is 22.6 Å². The van der Waals surface area contributed by atoms with Crippen molar-refractivity contribution in [3.05, 3.63) is 46.6 Å². The normalized spacial score (nSPS) is 12.0. The van der Waals surface area contributed by atoms with E-state index < -0.39 is 0 Å². The number of ether oxygens (including phenoxy) is 3. The average molecular weight is 282 g/mol. The molecule has 0 N–H and O–H groups in total. The summed E-state index contributed by atoms with van der Waals surface area (Å²) in [6.45, 7) is 4.32. The smallest absolute Gasteiger partial charge is 0.232 e. The van der Waals surface area contributed by atoms with Crippen molar-refractivity contribution in [2.45, 2.75) is 20.5 Å². The Labute approximate surface area is 122 Å². The molecule has 0 bridgehead atoms. The van der Waals surface area contributed by atoms with Crippen LogP contribution in [0.4, 0.5) is 0 Å².